The van der Waals surface area contributed by atoms with E-state index in [1.807, 2.05) is 12.1 Å². The average Bonchev–Trinajstić information content (AvgIpc) is 2.23. The van der Waals surface area contributed by atoms with Crippen LogP contribution in [0.1, 0.15) is 25.8 Å². The molecule has 0 aliphatic heterocycles. The fraction of sp³-hybridized carbons (Fsp3) is 0.538. The Balaban J connectivity index is 2.38. The van der Waals surface area contributed by atoms with E-state index in [4.69, 9.17) is 11.6 Å². The number of aliphatic hydroxyl groups is 1. The molecule has 4 heteroatoms. The van der Waals surface area contributed by atoms with Crippen LogP contribution in [0.15, 0.2) is 18.2 Å². The Morgan fingerprint density at radius 2 is 2.06 bits per heavy atom. The number of phenols is 1. The predicted octanol–water partition coefficient (Wildman–Crippen LogP) is 2.54. The standard InChI is InChI=1S/C13H20ClNO2/c1-9(6-10(2)16)7-15-8-11-4-3-5-12(14)13(11)17/h3-5,9-10,15-17H,6-8H2,1-2H3. The summed E-state index contributed by atoms with van der Waals surface area (Å²) in [5.74, 6) is 0.543. The van der Waals surface area contributed by atoms with E-state index in [-0.39, 0.29) is 11.9 Å². The molecule has 17 heavy (non-hydrogen) atoms. The third-order valence-electron chi connectivity index (χ3n) is 2.62. The van der Waals surface area contributed by atoms with Crippen molar-refractivity contribution >= 4 is 11.6 Å². The van der Waals surface area contributed by atoms with Crippen molar-refractivity contribution in [3.63, 3.8) is 0 Å². The smallest absolute Gasteiger partial charge is 0.138 e. The van der Waals surface area contributed by atoms with E-state index < -0.39 is 0 Å². The van der Waals surface area contributed by atoms with E-state index >= 15 is 0 Å². The number of aliphatic hydroxyl groups excluding tert-OH is 1. The maximum atomic E-state index is 9.70. The Morgan fingerprint density at radius 1 is 1.35 bits per heavy atom. The van der Waals surface area contributed by atoms with Crippen LogP contribution in [0, 0.1) is 5.92 Å². The molecule has 2 atom stereocenters. The van der Waals surface area contributed by atoms with Gasteiger partial charge in [0.05, 0.1) is 11.1 Å². The molecule has 0 heterocycles. The second-order valence-corrected chi connectivity index (χ2v) is 4.98. The number of hydrogen-bond donors (Lipinski definition) is 3. The molecular weight excluding hydrogens is 238 g/mol. The summed E-state index contributed by atoms with van der Waals surface area (Å²) >= 11 is 5.81. The summed E-state index contributed by atoms with van der Waals surface area (Å²) in [6, 6.07) is 5.32. The monoisotopic (exact) mass is 257 g/mol. The number of phenolic OH excluding ortho intramolecular Hbond substituents is 1. The molecule has 0 spiro atoms. The van der Waals surface area contributed by atoms with Gasteiger partial charge in [-0.05, 0) is 31.9 Å². The lowest BCUT2D eigenvalue weighted by atomic mass is 10.0. The lowest BCUT2D eigenvalue weighted by Crippen LogP contribution is -2.23. The molecule has 3 nitrogen and oxygen atoms in total. The lowest BCUT2D eigenvalue weighted by Gasteiger charge is -2.14. The Labute approximate surface area is 107 Å². The molecule has 0 fully saturated rings. The Morgan fingerprint density at radius 3 is 2.71 bits per heavy atom. The zero-order valence-electron chi connectivity index (χ0n) is 10.3. The minimum absolute atomic E-state index is 0.143. The van der Waals surface area contributed by atoms with Crippen molar-refractivity contribution in [1.82, 2.24) is 5.32 Å². The summed E-state index contributed by atoms with van der Waals surface area (Å²) in [4.78, 5) is 0. The van der Waals surface area contributed by atoms with Crippen LogP contribution in [0.2, 0.25) is 5.02 Å². The first-order chi connectivity index (χ1) is 8.00. The molecule has 1 rings (SSSR count). The van der Waals surface area contributed by atoms with Crippen molar-refractivity contribution in [1.29, 1.82) is 0 Å². The van der Waals surface area contributed by atoms with Crippen LogP contribution in [-0.4, -0.2) is 22.9 Å². The number of hydrogen-bond acceptors (Lipinski definition) is 3. The van der Waals surface area contributed by atoms with Crippen molar-refractivity contribution < 1.29 is 10.2 Å². The first-order valence-corrected chi connectivity index (χ1v) is 6.23. The van der Waals surface area contributed by atoms with Crippen molar-refractivity contribution in [2.24, 2.45) is 5.92 Å². The van der Waals surface area contributed by atoms with E-state index in [2.05, 4.69) is 12.2 Å². The van der Waals surface area contributed by atoms with Gasteiger partial charge in [-0.1, -0.05) is 30.7 Å². The molecule has 0 amide bonds. The average molecular weight is 258 g/mol. The molecule has 0 aromatic heterocycles. The number of para-hydroxylation sites is 1. The third kappa shape index (κ3) is 4.94. The van der Waals surface area contributed by atoms with Crippen LogP contribution in [0.25, 0.3) is 0 Å². The summed E-state index contributed by atoms with van der Waals surface area (Å²) in [5, 5.41) is 22.6. The number of benzene rings is 1. The van der Waals surface area contributed by atoms with E-state index in [1.165, 1.54) is 0 Å². The van der Waals surface area contributed by atoms with Crippen LogP contribution >= 0.6 is 11.6 Å². The Hall–Kier alpha value is -0.770. The molecule has 0 aliphatic rings. The van der Waals surface area contributed by atoms with Gasteiger partial charge >= 0.3 is 0 Å². The quantitative estimate of drug-likeness (QED) is 0.734. The van der Waals surface area contributed by atoms with Crippen LogP contribution in [0.5, 0.6) is 5.75 Å². The SMILES string of the molecule is CC(O)CC(C)CNCc1cccc(Cl)c1O. The van der Waals surface area contributed by atoms with E-state index in [0.29, 0.717) is 17.5 Å². The minimum Gasteiger partial charge on any atom is -0.506 e. The van der Waals surface area contributed by atoms with E-state index in [0.717, 1.165) is 18.5 Å². The number of rotatable bonds is 6. The molecule has 0 saturated heterocycles. The van der Waals surface area contributed by atoms with Crippen molar-refractivity contribution in [3.8, 4) is 5.75 Å². The highest BCUT2D eigenvalue weighted by molar-refractivity contribution is 6.32. The third-order valence-corrected chi connectivity index (χ3v) is 2.93. The van der Waals surface area contributed by atoms with Gasteiger partial charge in [-0.25, -0.2) is 0 Å². The maximum absolute atomic E-state index is 9.70. The van der Waals surface area contributed by atoms with Gasteiger partial charge in [-0.15, -0.1) is 0 Å². The van der Waals surface area contributed by atoms with Crippen LogP contribution in [0.4, 0.5) is 0 Å². The summed E-state index contributed by atoms with van der Waals surface area (Å²) in [6.45, 7) is 5.25. The normalized spacial score (nSPS) is 14.6. The van der Waals surface area contributed by atoms with Crippen molar-refractivity contribution in [2.45, 2.75) is 32.9 Å². The fourth-order valence-corrected chi connectivity index (χ4v) is 2.02. The van der Waals surface area contributed by atoms with E-state index in [1.54, 1.807) is 13.0 Å². The minimum atomic E-state index is -0.272. The highest BCUT2D eigenvalue weighted by Gasteiger charge is 2.07. The molecule has 0 radical (unpaired) electrons. The molecule has 0 saturated carbocycles. The highest BCUT2D eigenvalue weighted by atomic mass is 35.5. The molecule has 1 aromatic carbocycles. The Kier molecular flexibility index (Phi) is 5.75. The Bertz CT molecular complexity index is 355. The zero-order valence-corrected chi connectivity index (χ0v) is 11.0. The molecule has 3 N–H and O–H groups in total. The topological polar surface area (TPSA) is 52.5 Å². The van der Waals surface area contributed by atoms with Crippen LogP contribution < -0.4 is 5.32 Å². The fourth-order valence-electron chi connectivity index (χ4n) is 1.82. The first-order valence-electron chi connectivity index (χ1n) is 5.85. The van der Waals surface area contributed by atoms with Gasteiger partial charge < -0.3 is 15.5 Å². The van der Waals surface area contributed by atoms with Gasteiger partial charge in [0.1, 0.15) is 5.75 Å². The summed E-state index contributed by atoms with van der Waals surface area (Å²) < 4.78 is 0. The summed E-state index contributed by atoms with van der Waals surface area (Å²) in [7, 11) is 0. The van der Waals surface area contributed by atoms with Gasteiger partial charge in [-0.3, -0.25) is 0 Å². The zero-order chi connectivity index (χ0) is 12.8. The van der Waals surface area contributed by atoms with E-state index in [9.17, 15) is 10.2 Å². The van der Waals surface area contributed by atoms with Crippen molar-refractivity contribution in [2.75, 3.05) is 6.54 Å². The molecule has 96 valence electrons. The first kappa shape index (κ1) is 14.3. The predicted molar refractivity (Wildman–Crippen MR) is 70.3 cm³/mol. The largest absolute Gasteiger partial charge is 0.506 e. The van der Waals surface area contributed by atoms with Gasteiger partial charge in [0.25, 0.3) is 0 Å². The van der Waals surface area contributed by atoms with Crippen LogP contribution in [-0.2, 0) is 6.54 Å². The second kappa shape index (κ2) is 6.84. The maximum Gasteiger partial charge on any atom is 0.138 e. The molecular formula is C13H20ClNO2. The molecule has 0 bridgehead atoms. The van der Waals surface area contributed by atoms with Gasteiger partial charge in [-0.2, -0.15) is 0 Å². The van der Waals surface area contributed by atoms with Gasteiger partial charge in [0.15, 0.2) is 0 Å². The second-order valence-electron chi connectivity index (χ2n) is 4.57. The lowest BCUT2D eigenvalue weighted by molar-refractivity contribution is 0.163. The number of halogens is 1. The highest BCUT2D eigenvalue weighted by Crippen LogP contribution is 2.26. The molecule has 2 unspecified atom stereocenters. The summed E-state index contributed by atoms with van der Waals surface area (Å²) in [5.41, 5.74) is 0.793. The van der Waals surface area contributed by atoms with Gasteiger partial charge in [0.2, 0.25) is 0 Å². The summed E-state index contributed by atoms with van der Waals surface area (Å²) in [6.07, 6.45) is 0.500. The van der Waals surface area contributed by atoms with Gasteiger partial charge in [0, 0.05) is 12.1 Å². The van der Waals surface area contributed by atoms with Crippen molar-refractivity contribution in [3.05, 3.63) is 28.8 Å². The number of aromatic hydroxyl groups is 1. The van der Waals surface area contributed by atoms with Crippen LogP contribution in [0.3, 0.4) is 0 Å². The molecule has 0 aliphatic carbocycles. The molecule has 1 aromatic rings. The number of nitrogens with one attached hydrogen (secondary N) is 1.